The molecule has 2 N–H and O–H groups in total. The summed E-state index contributed by atoms with van der Waals surface area (Å²) in [4.78, 5) is 4.65. The molecule has 2 aromatic rings. The van der Waals surface area contributed by atoms with Gasteiger partial charge in [-0.15, -0.1) is 24.0 Å². The van der Waals surface area contributed by atoms with Gasteiger partial charge in [-0.1, -0.05) is 36.4 Å². The number of fused-ring (bicyclic) bond motifs is 1. The van der Waals surface area contributed by atoms with Gasteiger partial charge in [0.05, 0.1) is 4.90 Å². The highest BCUT2D eigenvalue weighted by molar-refractivity contribution is 14.0. The van der Waals surface area contributed by atoms with Crippen LogP contribution in [0, 0.1) is 6.92 Å². The van der Waals surface area contributed by atoms with E-state index in [-0.39, 0.29) is 24.0 Å². The van der Waals surface area contributed by atoms with Crippen LogP contribution in [-0.2, 0) is 22.8 Å². The highest BCUT2D eigenvalue weighted by atomic mass is 127. The Balaban J connectivity index is 0.00000261. The predicted octanol–water partition coefficient (Wildman–Crippen LogP) is 3.02. The molecule has 1 aliphatic carbocycles. The molecular formula is C20H26IN3O2S. The minimum atomic E-state index is -3.18. The van der Waals surface area contributed by atoms with Crippen molar-refractivity contribution in [3.63, 3.8) is 0 Å². The van der Waals surface area contributed by atoms with E-state index >= 15 is 0 Å². The van der Waals surface area contributed by atoms with Crippen molar-refractivity contribution in [3.05, 3.63) is 64.7 Å². The zero-order valence-corrected chi connectivity index (χ0v) is 19.0. The van der Waals surface area contributed by atoms with E-state index in [0.717, 1.165) is 30.1 Å². The molecule has 27 heavy (non-hydrogen) atoms. The quantitative estimate of drug-likeness (QED) is 0.377. The molecule has 146 valence electrons. The van der Waals surface area contributed by atoms with E-state index in [1.54, 1.807) is 13.1 Å². The van der Waals surface area contributed by atoms with Gasteiger partial charge in [0.2, 0.25) is 0 Å². The highest BCUT2D eigenvalue weighted by Crippen LogP contribution is 2.33. The molecule has 0 saturated carbocycles. The van der Waals surface area contributed by atoms with Crippen LogP contribution < -0.4 is 10.6 Å². The normalized spacial score (nSPS) is 16.0. The Hall–Kier alpha value is -1.61. The topological polar surface area (TPSA) is 70.6 Å². The average Bonchev–Trinajstić information content (AvgIpc) is 2.57. The van der Waals surface area contributed by atoms with Gasteiger partial charge in [0.25, 0.3) is 0 Å². The Morgan fingerprint density at radius 3 is 2.56 bits per heavy atom. The van der Waals surface area contributed by atoms with Crippen LogP contribution in [0.1, 0.15) is 28.2 Å². The largest absolute Gasteiger partial charge is 0.356 e. The first-order valence-corrected chi connectivity index (χ1v) is 10.6. The number of benzene rings is 2. The second-order valence-corrected chi connectivity index (χ2v) is 8.76. The lowest BCUT2D eigenvalue weighted by Crippen LogP contribution is -2.40. The maximum absolute atomic E-state index is 11.7. The summed E-state index contributed by atoms with van der Waals surface area (Å²) in [6.07, 6.45) is 2.34. The fourth-order valence-electron chi connectivity index (χ4n) is 3.41. The van der Waals surface area contributed by atoms with Crippen molar-refractivity contribution in [2.24, 2.45) is 4.99 Å². The lowest BCUT2D eigenvalue weighted by Gasteiger charge is -2.30. The molecule has 0 bridgehead atoms. The lowest BCUT2D eigenvalue weighted by molar-refractivity contribution is 0.584. The van der Waals surface area contributed by atoms with Crippen molar-refractivity contribution in [2.75, 3.05) is 19.8 Å². The molecule has 0 aromatic heterocycles. The molecule has 1 unspecified atom stereocenters. The number of nitrogens with zero attached hydrogens (tertiary/aromatic N) is 1. The molecule has 0 amide bonds. The molecule has 0 saturated heterocycles. The maximum Gasteiger partial charge on any atom is 0.191 e. The second kappa shape index (κ2) is 9.05. The third kappa shape index (κ3) is 5.22. The lowest BCUT2D eigenvalue weighted by atomic mass is 9.78. The first-order chi connectivity index (χ1) is 12.4. The van der Waals surface area contributed by atoms with Crippen molar-refractivity contribution >= 4 is 39.8 Å². The summed E-state index contributed by atoms with van der Waals surface area (Å²) in [6.45, 7) is 3.26. The Labute approximate surface area is 178 Å². The number of hydrogen-bond donors (Lipinski definition) is 2. The van der Waals surface area contributed by atoms with Crippen molar-refractivity contribution in [3.8, 4) is 0 Å². The molecule has 0 radical (unpaired) electrons. The smallest absolute Gasteiger partial charge is 0.191 e. The molecule has 0 heterocycles. The predicted molar refractivity (Wildman–Crippen MR) is 121 cm³/mol. The summed E-state index contributed by atoms with van der Waals surface area (Å²) in [5.74, 6) is 1.28. The van der Waals surface area contributed by atoms with Crippen LogP contribution >= 0.6 is 24.0 Å². The van der Waals surface area contributed by atoms with Gasteiger partial charge >= 0.3 is 0 Å². The molecule has 2 aromatic carbocycles. The van der Waals surface area contributed by atoms with E-state index in [0.29, 0.717) is 17.4 Å². The third-order valence-electron chi connectivity index (χ3n) is 4.80. The fraction of sp³-hybridized carbons (Fsp3) is 0.350. The van der Waals surface area contributed by atoms with Gasteiger partial charge in [-0.05, 0) is 41.7 Å². The Bertz CT molecular complexity index is 942. The standard InChI is InChI=1S/C20H25N3O2S.HI/c1-14-10-15(8-9-19(14)26(3,24)25)12-22-20(21-2)23-13-17-11-16-6-4-5-7-18(16)17;/h4-10,17H,11-13H2,1-3H3,(H2,21,22,23);1H. The maximum atomic E-state index is 11.7. The first-order valence-electron chi connectivity index (χ1n) is 8.70. The molecule has 0 fully saturated rings. The summed E-state index contributed by atoms with van der Waals surface area (Å²) >= 11 is 0. The number of halogens is 1. The fourth-order valence-corrected chi connectivity index (χ4v) is 4.37. The van der Waals surface area contributed by atoms with Crippen molar-refractivity contribution in [1.82, 2.24) is 10.6 Å². The van der Waals surface area contributed by atoms with Crippen LogP contribution in [-0.4, -0.2) is 34.2 Å². The number of aliphatic imine (C=N–C) groups is 1. The van der Waals surface area contributed by atoms with Gasteiger partial charge < -0.3 is 10.6 Å². The zero-order chi connectivity index (χ0) is 18.7. The molecule has 3 rings (SSSR count). The number of aryl methyl sites for hydroxylation is 1. The van der Waals surface area contributed by atoms with Crippen LogP contribution in [0.25, 0.3) is 0 Å². The molecule has 1 atom stereocenters. The van der Waals surface area contributed by atoms with Gasteiger partial charge in [-0.3, -0.25) is 4.99 Å². The number of hydrogen-bond acceptors (Lipinski definition) is 3. The number of guanidine groups is 1. The van der Waals surface area contributed by atoms with Gasteiger partial charge in [0.15, 0.2) is 15.8 Å². The summed E-state index contributed by atoms with van der Waals surface area (Å²) in [6, 6.07) is 13.9. The summed E-state index contributed by atoms with van der Waals surface area (Å²) < 4.78 is 23.4. The Kier molecular flexibility index (Phi) is 7.27. The Morgan fingerprint density at radius 2 is 1.93 bits per heavy atom. The number of sulfone groups is 1. The monoisotopic (exact) mass is 499 g/mol. The van der Waals surface area contributed by atoms with Crippen LogP contribution in [0.2, 0.25) is 0 Å². The number of nitrogens with one attached hydrogen (secondary N) is 2. The van der Waals surface area contributed by atoms with E-state index < -0.39 is 9.84 Å². The van der Waals surface area contributed by atoms with Gasteiger partial charge in [-0.2, -0.15) is 0 Å². The Morgan fingerprint density at radius 1 is 1.19 bits per heavy atom. The van der Waals surface area contributed by atoms with Crippen LogP contribution in [0.4, 0.5) is 0 Å². The van der Waals surface area contributed by atoms with Gasteiger partial charge in [-0.25, -0.2) is 8.42 Å². The van der Waals surface area contributed by atoms with E-state index in [9.17, 15) is 8.42 Å². The zero-order valence-electron chi connectivity index (χ0n) is 15.8. The van der Waals surface area contributed by atoms with E-state index in [4.69, 9.17) is 0 Å². The summed E-state index contributed by atoms with van der Waals surface area (Å²) in [7, 11) is -1.43. The van der Waals surface area contributed by atoms with Gasteiger partial charge in [0.1, 0.15) is 0 Å². The highest BCUT2D eigenvalue weighted by Gasteiger charge is 2.25. The molecular weight excluding hydrogens is 473 g/mol. The van der Waals surface area contributed by atoms with E-state index in [1.807, 2.05) is 19.1 Å². The molecule has 1 aliphatic rings. The van der Waals surface area contributed by atoms with Crippen molar-refractivity contribution < 1.29 is 8.42 Å². The van der Waals surface area contributed by atoms with E-state index in [1.165, 1.54) is 17.4 Å². The third-order valence-corrected chi connectivity index (χ3v) is 6.06. The van der Waals surface area contributed by atoms with E-state index in [2.05, 4.69) is 39.9 Å². The molecule has 0 spiro atoms. The van der Waals surface area contributed by atoms with Crippen LogP contribution in [0.3, 0.4) is 0 Å². The molecule has 5 nitrogen and oxygen atoms in total. The van der Waals surface area contributed by atoms with Crippen LogP contribution in [0.15, 0.2) is 52.4 Å². The molecule has 0 aliphatic heterocycles. The SMILES string of the molecule is CN=C(NCc1ccc(S(C)(=O)=O)c(C)c1)NCC1Cc2ccccc21.I. The second-order valence-electron chi connectivity index (χ2n) is 6.78. The van der Waals surface area contributed by atoms with Crippen molar-refractivity contribution in [1.29, 1.82) is 0 Å². The average molecular weight is 499 g/mol. The van der Waals surface area contributed by atoms with Gasteiger partial charge in [0, 0.05) is 32.3 Å². The summed E-state index contributed by atoms with van der Waals surface area (Å²) in [5, 5.41) is 6.66. The number of rotatable bonds is 5. The minimum absolute atomic E-state index is 0. The molecule has 7 heteroatoms. The summed E-state index contributed by atoms with van der Waals surface area (Å²) in [5.41, 5.74) is 4.64. The van der Waals surface area contributed by atoms with Crippen LogP contribution in [0.5, 0.6) is 0 Å². The first kappa shape index (κ1) is 21.7. The minimum Gasteiger partial charge on any atom is -0.356 e. The van der Waals surface area contributed by atoms with Crippen molar-refractivity contribution in [2.45, 2.75) is 30.7 Å².